The van der Waals surface area contributed by atoms with E-state index in [0.29, 0.717) is 11.5 Å². The van der Waals surface area contributed by atoms with E-state index in [4.69, 9.17) is 4.74 Å². The van der Waals surface area contributed by atoms with Gasteiger partial charge < -0.3 is 10.1 Å². The zero-order valence-corrected chi connectivity index (χ0v) is 15.1. The van der Waals surface area contributed by atoms with Crippen molar-refractivity contribution in [2.75, 3.05) is 11.9 Å². The van der Waals surface area contributed by atoms with Gasteiger partial charge in [-0.25, -0.2) is 14.3 Å². The number of fused-ring (bicyclic) bond motifs is 1. The zero-order valence-electron chi connectivity index (χ0n) is 13.5. The van der Waals surface area contributed by atoms with Gasteiger partial charge in [-0.1, -0.05) is 22.0 Å². The molecule has 1 amide bonds. The standard InChI is InChI=1S/C16H14BrN5O3/c1-9-3-4-11(7-12(9)17)19-13(23)8-25-15(24)14-20-16-18-6-5-10(2)22(16)21-14/h3-7H,8H2,1-2H3,(H,19,23). The molecule has 0 aliphatic heterocycles. The third kappa shape index (κ3) is 3.82. The van der Waals surface area contributed by atoms with Crippen LogP contribution in [0.25, 0.3) is 5.78 Å². The fourth-order valence-electron chi connectivity index (χ4n) is 2.06. The normalized spacial score (nSPS) is 10.7. The van der Waals surface area contributed by atoms with Gasteiger partial charge in [0, 0.05) is 22.1 Å². The summed E-state index contributed by atoms with van der Waals surface area (Å²) in [5.74, 6) is -1.10. The summed E-state index contributed by atoms with van der Waals surface area (Å²) in [6, 6.07) is 7.14. The summed E-state index contributed by atoms with van der Waals surface area (Å²) in [6.45, 7) is 3.31. The molecule has 0 radical (unpaired) electrons. The minimum absolute atomic E-state index is 0.146. The summed E-state index contributed by atoms with van der Waals surface area (Å²) in [5.41, 5.74) is 2.43. The highest BCUT2D eigenvalue weighted by molar-refractivity contribution is 9.10. The topological polar surface area (TPSA) is 98.5 Å². The lowest BCUT2D eigenvalue weighted by Crippen LogP contribution is -2.21. The average Bonchev–Trinajstić information content (AvgIpc) is 3.02. The fraction of sp³-hybridized carbons (Fsp3) is 0.188. The molecule has 9 heteroatoms. The number of anilines is 1. The van der Waals surface area contributed by atoms with Crippen LogP contribution in [0.3, 0.4) is 0 Å². The smallest absolute Gasteiger partial charge is 0.378 e. The summed E-state index contributed by atoms with van der Waals surface area (Å²) < 4.78 is 7.26. The zero-order chi connectivity index (χ0) is 18.0. The molecular weight excluding hydrogens is 390 g/mol. The number of carbonyl (C=O) groups excluding carboxylic acids is 2. The SMILES string of the molecule is Cc1ccc(NC(=O)COC(=O)c2nc3nccc(C)n3n2)cc1Br. The van der Waals surface area contributed by atoms with E-state index < -0.39 is 18.5 Å². The number of nitrogens with one attached hydrogen (secondary N) is 1. The third-order valence-electron chi connectivity index (χ3n) is 3.40. The maximum atomic E-state index is 12.0. The molecule has 0 saturated carbocycles. The molecule has 0 atom stereocenters. The molecule has 0 fully saturated rings. The second-order valence-corrected chi connectivity index (χ2v) is 6.18. The van der Waals surface area contributed by atoms with Crippen LogP contribution in [0.2, 0.25) is 0 Å². The highest BCUT2D eigenvalue weighted by Gasteiger charge is 2.17. The molecule has 3 aromatic rings. The molecule has 0 bridgehead atoms. The van der Waals surface area contributed by atoms with Crippen molar-refractivity contribution in [3.8, 4) is 0 Å². The van der Waals surface area contributed by atoms with Crippen molar-refractivity contribution >= 4 is 39.3 Å². The molecule has 2 heterocycles. The Morgan fingerprint density at radius 3 is 2.80 bits per heavy atom. The molecule has 1 N–H and O–H groups in total. The Morgan fingerprint density at radius 1 is 1.28 bits per heavy atom. The lowest BCUT2D eigenvalue weighted by molar-refractivity contribution is -0.119. The first-order chi connectivity index (χ1) is 11.9. The number of ether oxygens (including phenoxy) is 1. The molecule has 3 rings (SSSR count). The number of benzene rings is 1. The van der Waals surface area contributed by atoms with Crippen molar-refractivity contribution in [3.05, 3.63) is 52.0 Å². The summed E-state index contributed by atoms with van der Waals surface area (Å²) in [6.07, 6.45) is 1.57. The van der Waals surface area contributed by atoms with Crippen molar-refractivity contribution in [1.82, 2.24) is 19.6 Å². The molecule has 1 aromatic carbocycles. The van der Waals surface area contributed by atoms with Crippen LogP contribution in [-0.2, 0) is 9.53 Å². The number of aryl methyl sites for hydroxylation is 2. The molecule has 0 saturated heterocycles. The Labute approximate surface area is 151 Å². The number of nitrogens with zero attached hydrogens (tertiary/aromatic N) is 4. The largest absolute Gasteiger partial charge is 0.450 e. The predicted octanol–water partition coefficient (Wildman–Crippen LogP) is 2.30. The number of rotatable bonds is 4. The van der Waals surface area contributed by atoms with Gasteiger partial charge in [-0.2, -0.15) is 4.98 Å². The first kappa shape index (κ1) is 17.0. The maximum Gasteiger partial charge on any atom is 0.378 e. The van der Waals surface area contributed by atoms with E-state index in [9.17, 15) is 9.59 Å². The fourth-order valence-corrected chi connectivity index (χ4v) is 2.44. The van der Waals surface area contributed by atoms with Gasteiger partial charge in [0.05, 0.1) is 0 Å². The minimum Gasteiger partial charge on any atom is -0.450 e. The van der Waals surface area contributed by atoms with Crippen LogP contribution in [0, 0.1) is 13.8 Å². The van der Waals surface area contributed by atoms with Crippen molar-refractivity contribution < 1.29 is 14.3 Å². The number of hydrogen-bond acceptors (Lipinski definition) is 6. The lowest BCUT2D eigenvalue weighted by Gasteiger charge is -2.07. The van der Waals surface area contributed by atoms with Crippen molar-refractivity contribution in [3.63, 3.8) is 0 Å². The minimum atomic E-state index is -0.787. The average molecular weight is 404 g/mol. The Bertz CT molecular complexity index is 970. The first-order valence-electron chi connectivity index (χ1n) is 7.35. The summed E-state index contributed by atoms with van der Waals surface area (Å²) in [4.78, 5) is 31.9. The second-order valence-electron chi connectivity index (χ2n) is 5.32. The quantitative estimate of drug-likeness (QED) is 0.671. The Kier molecular flexibility index (Phi) is 4.75. The Morgan fingerprint density at radius 2 is 2.08 bits per heavy atom. The van der Waals surface area contributed by atoms with Gasteiger partial charge in [-0.05, 0) is 37.6 Å². The van der Waals surface area contributed by atoms with Gasteiger partial charge in [0.1, 0.15) is 0 Å². The van der Waals surface area contributed by atoms with Crippen LogP contribution in [0.15, 0.2) is 34.9 Å². The molecule has 8 nitrogen and oxygen atoms in total. The molecule has 0 aliphatic carbocycles. The van der Waals surface area contributed by atoms with E-state index in [1.54, 1.807) is 24.4 Å². The third-order valence-corrected chi connectivity index (χ3v) is 4.26. The highest BCUT2D eigenvalue weighted by Crippen LogP contribution is 2.20. The molecule has 0 unspecified atom stereocenters. The highest BCUT2D eigenvalue weighted by atomic mass is 79.9. The van der Waals surface area contributed by atoms with Crippen molar-refractivity contribution in [2.45, 2.75) is 13.8 Å². The second kappa shape index (κ2) is 6.98. The van der Waals surface area contributed by atoms with E-state index in [2.05, 4.69) is 36.3 Å². The van der Waals surface area contributed by atoms with Gasteiger partial charge in [0.15, 0.2) is 6.61 Å². The van der Waals surface area contributed by atoms with E-state index >= 15 is 0 Å². The summed E-state index contributed by atoms with van der Waals surface area (Å²) >= 11 is 3.39. The molecule has 0 aliphatic rings. The van der Waals surface area contributed by atoms with Gasteiger partial charge in [0.25, 0.3) is 17.5 Å². The number of amides is 1. The van der Waals surface area contributed by atoms with Gasteiger partial charge in [-0.3, -0.25) is 4.79 Å². The van der Waals surface area contributed by atoms with Crippen molar-refractivity contribution in [1.29, 1.82) is 0 Å². The van der Waals surface area contributed by atoms with Crippen LogP contribution in [0.1, 0.15) is 21.9 Å². The molecule has 0 spiro atoms. The van der Waals surface area contributed by atoms with Crippen LogP contribution in [-0.4, -0.2) is 38.1 Å². The molecule has 25 heavy (non-hydrogen) atoms. The number of hydrogen-bond donors (Lipinski definition) is 1. The van der Waals surface area contributed by atoms with Gasteiger partial charge >= 0.3 is 5.97 Å². The number of carbonyl (C=O) groups is 2. The maximum absolute atomic E-state index is 12.0. The van der Waals surface area contributed by atoms with Crippen LogP contribution < -0.4 is 5.32 Å². The van der Waals surface area contributed by atoms with Crippen LogP contribution in [0.5, 0.6) is 0 Å². The lowest BCUT2D eigenvalue weighted by atomic mass is 10.2. The van der Waals surface area contributed by atoms with Crippen LogP contribution >= 0.6 is 15.9 Å². The van der Waals surface area contributed by atoms with E-state index in [0.717, 1.165) is 15.7 Å². The summed E-state index contributed by atoms with van der Waals surface area (Å²) in [7, 11) is 0. The van der Waals surface area contributed by atoms with Crippen LogP contribution in [0.4, 0.5) is 5.69 Å². The number of aromatic nitrogens is 4. The number of esters is 1. The van der Waals surface area contributed by atoms with E-state index in [1.165, 1.54) is 4.52 Å². The molecule has 128 valence electrons. The van der Waals surface area contributed by atoms with E-state index in [-0.39, 0.29) is 5.82 Å². The monoisotopic (exact) mass is 403 g/mol. The Hall–Kier alpha value is -2.81. The van der Waals surface area contributed by atoms with E-state index in [1.807, 2.05) is 19.9 Å². The molecular formula is C16H14BrN5O3. The first-order valence-corrected chi connectivity index (χ1v) is 8.15. The molecule has 2 aromatic heterocycles. The number of halogens is 1. The predicted molar refractivity (Wildman–Crippen MR) is 93.3 cm³/mol. The van der Waals surface area contributed by atoms with Gasteiger partial charge in [0.2, 0.25) is 0 Å². The summed E-state index contributed by atoms with van der Waals surface area (Å²) in [5, 5.41) is 6.67. The Balaban J connectivity index is 1.61. The van der Waals surface area contributed by atoms with Gasteiger partial charge in [-0.15, -0.1) is 5.10 Å². The van der Waals surface area contributed by atoms with Crippen molar-refractivity contribution in [2.24, 2.45) is 0 Å².